The van der Waals surface area contributed by atoms with Crippen LogP contribution in [-0.2, 0) is 14.8 Å². The Kier molecular flexibility index (Phi) is 4.19. The third kappa shape index (κ3) is 3.42. The van der Waals surface area contributed by atoms with Gasteiger partial charge in [0.25, 0.3) is 0 Å². The molecule has 17 heavy (non-hydrogen) atoms. The molecule has 0 spiro atoms. The van der Waals surface area contributed by atoms with Crippen LogP contribution >= 0.6 is 0 Å². The summed E-state index contributed by atoms with van der Waals surface area (Å²) in [5.74, 6) is -1.03. The molecule has 0 amide bonds. The molecular formula is C11H21NO4S. The lowest BCUT2D eigenvalue weighted by atomic mass is 9.93. The van der Waals surface area contributed by atoms with Crippen molar-refractivity contribution in [1.82, 2.24) is 4.31 Å². The van der Waals surface area contributed by atoms with E-state index in [1.54, 1.807) is 0 Å². The van der Waals surface area contributed by atoms with E-state index in [0.717, 1.165) is 10.7 Å². The van der Waals surface area contributed by atoms with Crippen LogP contribution in [0.1, 0.15) is 40.0 Å². The highest BCUT2D eigenvalue weighted by atomic mass is 32.2. The highest BCUT2D eigenvalue weighted by molar-refractivity contribution is 7.89. The molecule has 0 radical (unpaired) electrons. The van der Waals surface area contributed by atoms with Crippen molar-refractivity contribution < 1.29 is 18.3 Å². The molecule has 0 aromatic rings. The van der Waals surface area contributed by atoms with E-state index in [9.17, 15) is 13.2 Å². The maximum absolute atomic E-state index is 12.2. The molecule has 0 saturated carbocycles. The average Bonchev–Trinajstić information content (AvgIpc) is 2.65. The van der Waals surface area contributed by atoms with Crippen LogP contribution in [0.25, 0.3) is 0 Å². The zero-order chi connectivity index (χ0) is 13.3. The quantitative estimate of drug-likeness (QED) is 0.811. The van der Waals surface area contributed by atoms with E-state index in [0.29, 0.717) is 19.4 Å². The highest BCUT2D eigenvalue weighted by Crippen LogP contribution is 2.28. The van der Waals surface area contributed by atoms with Gasteiger partial charge in [-0.15, -0.1) is 0 Å². The highest BCUT2D eigenvalue weighted by Gasteiger charge is 2.40. The first-order valence-electron chi connectivity index (χ1n) is 5.92. The monoisotopic (exact) mass is 263 g/mol. The van der Waals surface area contributed by atoms with Gasteiger partial charge >= 0.3 is 5.97 Å². The maximum Gasteiger partial charge on any atom is 0.322 e. The number of carboxylic acid groups (broad SMARTS) is 1. The van der Waals surface area contributed by atoms with Crippen molar-refractivity contribution in [1.29, 1.82) is 0 Å². The van der Waals surface area contributed by atoms with Gasteiger partial charge in [-0.25, -0.2) is 8.42 Å². The van der Waals surface area contributed by atoms with Crippen LogP contribution in [0.2, 0.25) is 0 Å². The molecule has 1 fully saturated rings. The molecule has 1 rings (SSSR count). The minimum absolute atomic E-state index is 0.0142. The molecule has 1 aliphatic heterocycles. The Bertz CT molecular complexity index is 388. The molecule has 1 N–H and O–H groups in total. The fourth-order valence-electron chi connectivity index (χ4n) is 2.00. The van der Waals surface area contributed by atoms with Gasteiger partial charge in [-0.1, -0.05) is 20.8 Å². The van der Waals surface area contributed by atoms with Crippen molar-refractivity contribution in [2.75, 3.05) is 12.3 Å². The third-order valence-electron chi connectivity index (χ3n) is 3.38. The van der Waals surface area contributed by atoms with Crippen molar-refractivity contribution in [3.8, 4) is 0 Å². The van der Waals surface area contributed by atoms with Crippen LogP contribution < -0.4 is 0 Å². The third-order valence-corrected chi connectivity index (χ3v) is 5.67. The second-order valence-electron chi connectivity index (χ2n) is 5.38. The van der Waals surface area contributed by atoms with Gasteiger partial charge < -0.3 is 5.11 Å². The fraction of sp³-hybridized carbons (Fsp3) is 0.909. The topological polar surface area (TPSA) is 74.7 Å². The van der Waals surface area contributed by atoms with Gasteiger partial charge in [-0.2, -0.15) is 4.31 Å². The van der Waals surface area contributed by atoms with Crippen molar-refractivity contribution in [2.45, 2.75) is 46.1 Å². The van der Waals surface area contributed by atoms with Crippen molar-refractivity contribution >= 4 is 16.0 Å². The summed E-state index contributed by atoms with van der Waals surface area (Å²) < 4.78 is 25.5. The Labute approximate surface area is 103 Å². The largest absolute Gasteiger partial charge is 0.480 e. The summed E-state index contributed by atoms with van der Waals surface area (Å²) in [6.07, 6.45) is 1.79. The van der Waals surface area contributed by atoms with E-state index >= 15 is 0 Å². The normalized spacial score (nSPS) is 22.9. The number of hydrogen-bond donors (Lipinski definition) is 1. The molecule has 0 aromatic heterocycles. The van der Waals surface area contributed by atoms with E-state index in [1.165, 1.54) is 0 Å². The number of nitrogens with zero attached hydrogens (tertiary/aromatic N) is 1. The van der Waals surface area contributed by atoms with Gasteiger partial charge in [0, 0.05) is 6.54 Å². The molecule has 1 atom stereocenters. The van der Waals surface area contributed by atoms with E-state index in [1.807, 2.05) is 20.8 Å². The average molecular weight is 263 g/mol. The van der Waals surface area contributed by atoms with Crippen LogP contribution in [0.5, 0.6) is 0 Å². The number of sulfonamides is 1. The van der Waals surface area contributed by atoms with Crippen molar-refractivity contribution in [2.24, 2.45) is 5.41 Å². The number of hydrogen-bond acceptors (Lipinski definition) is 3. The molecule has 0 aromatic carbocycles. The minimum atomic E-state index is -3.47. The predicted octanol–water partition coefficient (Wildman–Crippen LogP) is 1.30. The molecule has 0 bridgehead atoms. The Morgan fingerprint density at radius 3 is 2.53 bits per heavy atom. The lowest BCUT2D eigenvalue weighted by molar-refractivity contribution is -0.140. The molecule has 0 aliphatic carbocycles. The van der Waals surface area contributed by atoms with Crippen LogP contribution in [0.4, 0.5) is 0 Å². The zero-order valence-corrected chi connectivity index (χ0v) is 11.5. The standard InChI is InChI=1S/C11H21NO4S/c1-4-11(2,3)8-17(15,16)12-7-5-6-9(12)10(13)14/h9H,4-8H2,1-3H3,(H,13,14). The van der Waals surface area contributed by atoms with Crippen molar-refractivity contribution in [3.05, 3.63) is 0 Å². The van der Waals surface area contributed by atoms with E-state index in [2.05, 4.69) is 0 Å². The van der Waals surface area contributed by atoms with Gasteiger partial charge in [0.2, 0.25) is 10.0 Å². The molecule has 1 heterocycles. The van der Waals surface area contributed by atoms with Crippen LogP contribution in [0.3, 0.4) is 0 Å². The first-order valence-corrected chi connectivity index (χ1v) is 7.53. The summed E-state index contributed by atoms with van der Waals surface area (Å²) in [4.78, 5) is 11.0. The summed E-state index contributed by atoms with van der Waals surface area (Å²) in [7, 11) is -3.47. The van der Waals surface area contributed by atoms with Gasteiger partial charge in [0.05, 0.1) is 5.75 Å². The zero-order valence-electron chi connectivity index (χ0n) is 10.6. The van der Waals surface area contributed by atoms with E-state index < -0.39 is 22.0 Å². The summed E-state index contributed by atoms with van der Waals surface area (Å²) in [6.45, 7) is 6.04. The lowest BCUT2D eigenvalue weighted by Crippen LogP contribution is -2.43. The van der Waals surface area contributed by atoms with Gasteiger partial charge in [-0.05, 0) is 24.7 Å². The van der Waals surface area contributed by atoms with Gasteiger partial charge in [0.15, 0.2) is 0 Å². The number of rotatable bonds is 5. The van der Waals surface area contributed by atoms with E-state index in [-0.39, 0.29) is 11.2 Å². The first kappa shape index (κ1) is 14.4. The molecule has 6 heteroatoms. The van der Waals surface area contributed by atoms with Gasteiger partial charge in [0.1, 0.15) is 6.04 Å². The minimum Gasteiger partial charge on any atom is -0.480 e. The van der Waals surface area contributed by atoms with E-state index in [4.69, 9.17) is 5.11 Å². The Morgan fingerprint density at radius 2 is 2.06 bits per heavy atom. The predicted molar refractivity (Wildman–Crippen MR) is 65.2 cm³/mol. The summed E-state index contributed by atoms with van der Waals surface area (Å²) in [5, 5.41) is 9.00. The Hall–Kier alpha value is -0.620. The van der Waals surface area contributed by atoms with Crippen LogP contribution in [0, 0.1) is 5.41 Å². The first-order chi connectivity index (χ1) is 7.69. The van der Waals surface area contributed by atoms with Gasteiger partial charge in [-0.3, -0.25) is 4.79 Å². The fourth-order valence-corrected chi connectivity index (χ4v) is 4.35. The number of carbonyl (C=O) groups is 1. The molecule has 5 nitrogen and oxygen atoms in total. The summed E-state index contributed by atoms with van der Waals surface area (Å²) in [6, 6.07) is -0.868. The number of aliphatic carboxylic acids is 1. The van der Waals surface area contributed by atoms with Crippen LogP contribution in [0.15, 0.2) is 0 Å². The smallest absolute Gasteiger partial charge is 0.322 e. The maximum atomic E-state index is 12.2. The SMILES string of the molecule is CCC(C)(C)CS(=O)(=O)N1CCCC1C(=O)O. The molecule has 100 valence electrons. The summed E-state index contributed by atoms with van der Waals surface area (Å²) in [5.41, 5.74) is -0.315. The number of carboxylic acids is 1. The molecule has 1 aliphatic rings. The Morgan fingerprint density at radius 1 is 1.47 bits per heavy atom. The molecular weight excluding hydrogens is 242 g/mol. The second kappa shape index (κ2) is 4.94. The molecule has 1 saturated heterocycles. The summed E-state index contributed by atoms with van der Waals surface area (Å²) >= 11 is 0. The Balaban J connectivity index is 2.87. The molecule has 1 unspecified atom stereocenters. The second-order valence-corrected chi connectivity index (χ2v) is 7.30. The van der Waals surface area contributed by atoms with Crippen molar-refractivity contribution in [3.63, 3.8) is 0 Å². The van der Waals surface area contributed by atoms with Crippen LogP contribution in [-0.4, -0.2) is 42.1 Å². The lowest BCUT2D eigenvalue weighted by Gasteiger charge is -2.27.